The lowest BCUT2D eigenvalue weighted by molar-refractivity contribution is -0.136. The molecule has 1 saturated carbocycles. The summed E-state index contributed by atoms with van der Waals surface area (Å²) in [4.78, 5) is 85.4. The SMILES string of the molecule is [C-]#[N+]c1ccc(OC2CCC(NC(=O)c3ccc4c(c3)CCN(CC(=O)N3Cc5cc6c(cc5C3)C(=O)N(C3CCC(=O)NC3=O)C6=O)C4)CC2)cc1Cl. The van der Waals surface area contributed by atoms with Gasteiger partial charge in [0.05, 0.1) is 35.4 Å². The van der Waals surface area contributed by atoms with E-state index in [4.69, 9.17) is 22.9 Å². The minimum Gasteiger partial charge on any atom is -0.490 e. The third kappa shape index (κ3) is 6.83. The van der Waals surface area contributed by atoms with Gasteiger partial charge in [0.1, 0.15) is 11.8 Å². The molecule has 1 saturated heterocycles. The predicted octanol–water partition coefficient (Wildman–Crippen LogP) is 4.31. The molecular weight excluding hydrogens is 712 g/mol. The van der Waals surface area contributed by atoms with Crippen molar-refractivity contribution in [2.45, 2.75) is 82.8 Å². The molecule has 4 aliphatic heterocycles. The Hall–Kier alpha value is -5.58. The molecule has 14 heteroatoms. The first kappa shape index (κ1) is 35.4. The van der Waals surface area contributed by atoms with Gasteiger partial charge in [0.15, 0.2) is 0 Å². The van der Waals surface area contributed by atoms with Crippen LogP contribution in [0.25, 0.3) is 4.85 Å². The van der Waals surface area contributed by atoms with Gasteiger partial charge in [-0.2, -0.15) is 0 Å². The second-order valence-electron chi connectivity index (χ2n) is 14.6. The van der Waals surface area contributed by atoms with Gasteiger partial charge < -0.3 is 15.0 Å². The van der Waals surface area contributed by atoms with Crippen molar-refractivity contribution in [3.8, 4) is 5.75 Å². The van der Waals surface area contributed by atoms with Crippen molar-refractivity contribution in [3.63, 3.8) is 0 Å². The molecule has 54 heavy (non-hydrogen) atoms. The van der Waals surface area contributed by atoms with E-state index in [1.807, 2.05) is 18.2 Å². The average Bonchev–Trinajstić information content (AvgIpc) is 3.69. The van der Waals surface area contributed by atoms with Crippen LogP contribution < -0.4 is 15.4 Å². The van der Waals surface area contributed by atoms with Crippen LogP contribution in [-0.2, 0) is 40.4 Å². The summed E-state index contributed by atoms with van der Waals surface area (Å²) in [6.07, 6.45) is 4.04. The van der Waals surface area contributed by atoms with Gasteiger partial charge >= 0.3 is 0 Å². The van der Waals surface area contributed by atoms with Crippen LogP contribution in [0.4, 0.5) is 5.69 Å². The molecule has 3 aromatic rings. The van der Waals surface area contributed by atoms with Gasteiger partial charge in [-0.05, 0) is 97.2 Å². The quantitative estimate of drug-likeness (QED) is 0.268. The fourth-order valence-corrected chi connectivity index (χ4v) is 8.37. The van der Waals surface area contributed by atoms with Gasteiger partial charge in [0, 0.05) is 44.2 Å². The second kappa shape index (κ2) is 14.3. The number of nitrogens with zero attached hydrogens (tertiary/aromatic N) is 4. The number of ether oxygens (including phenoxy) is 1. The molecule has 1 aliphatic carbocycles. The van der Waals surface area contributed by atoms with Crippen LogP contribution in [0.5, 0.6) is 5.75 Å². The minimum absolute atomic E-state index is 0.0180. The number of rotatable bonds is 7. The van der Waals surface area contributed by atoms with Gasteiger partial charge in [-0.3, -0.25) is 43.9 Å². The van der Waals surface area contributed by atoms with Crippen LogP contribution in [0.3, 0.4) is 0 Å². The summed E-state index contributed by atoms with van der Waals surface area (Å²) in [6.45, 7) is 9.22. The van der Waals surface area contributed by atoms with E-state index in [9.17, 15) is 28.8 Å². The number of imide groups is 2. The fraction of sp³-hybridized carbons (Fsp3) is 0.375. The Balaban J connectivity index is 0.819. The normalized spacial score (nSPS) is 22.3. The number of nitrogens with one attached hydrogen (secondary N) is 2. The van der Waals surface area contributed by atoms with Crippen molar-refractivity contribution < 1.29 is 33.5 Å². The minimum atomic E-state index is -1.03. The summed E-state index contributed by atoms with van der Waals surface area (Å²) in [5.74, 6) is -1.73. The van der Waals surface area contributed by atoms with E-state index in [-0.39, 0.29) is 54.5 Å². The number of carbonyl (C=O) groups excluding carboxylic acids is 6. The Morgan fingerprint density at radius 2 is 1.57 bits per heavy atom. The average molecular weight is 749 g/mol. The highest BCUT2D eigenvalue weighted by Crippen LogP contribution is 2.34. The molecule has 3 aromatic carbocycles. The summed E-state index contributed by atoms with van der Waals surface area (Å²) < 4.78 is 6.09. The number of hydrogen-bond donors (Lipinski definition) is 2. The molecule has 5 aliphatic rings. The maximum atomic E-state index is 13.5. The summed E-state index contributed by atoms with van der Waals surface area (Å²) in [5, 5.41) is 5.77. The van der Waals surface area contributed by atoms with Crippen molar-refractivity contribution >= 4 is 52.7 Å². The molecule has 8 rings (SSSR count). The van der Waals surface area contributed by atoms with Gasteiger partial charge in [-0.15, -0.1) is 0 Å². The standard InChI is InChI=1S/C40H37ClN6O7/c1-42-33-9-8-29(17-32(33)41)54-28-6-4-27(5-7-28)43-37(50)23-2-3-24-18-45(13-12-22(24)14-23)21-36(49)46-19-25-15-30-31(16-26(25)20-46)40(53)47(39(30)52)34-10-11-35(48)44-38(34)51/h2-3,8-9,14-17,27-28,34H,4-7,10-13,18-21H2,(H,43,50)(H,44,48,51). The summed E-state index contributed by atoms with van der Waals surface area (Å²) in [7, 11) is 0. The number of hydrogen-bond acceptors (Lipinski definition) is 8. The summed E-state index contributed by atoms with van der Waals surface area (Å²) in [5.41, 5.74) is 5.18. The molecule has 2 fully saturated rings. The lowest BCUT2D eigenvalue weighted by atomic mass is 9.92. The first-order valence-corrected chi connectivity index (χ1v) is 18.6. The largest absolute Gasteiger partial charge is 0.490 e. The number of piperidine rings is 1. The Morgan fingerprint density at radius 3 is 2.24 bits per heavy atom. The highest BCUT2D eigenvalue weighted by Gasteiger charge is 2.45. The molecule has 2 N–H and O–H groups in total. The van der Waals surface area contributed by atoms with E-state index in [1.165, 1.54) is 0 Å². The Bertz CT molecular complexity index is 2130. The van der Waals surface area contributed by atoms with Gasteiger partial charge in [0.25, 0.3) is 17.7 Å². The summed E-state index contributed by atoms with van der Waals surface area (Å²) in [6, 6.07) is 13.2. The van der Waals surface area contributed by atoms with Crippen LogP contribution in [0.2, 0.25) is 5.02 Å². The van der Waals surface area contributed by atoms with Crippen molar-refractivity contribution in [2.75, 3.05) is 13.1 Å². The lowest BCUT2D eigenvalue weighted by Gasteiger charge is -2.31. The van der Waals surface area contributed by atoms with Crippen LogP contribution in [0, 0.1) is 6.57 Å². The topological polar surface area (TPSA) is 150 Å². The molecule has 1 atom stereocenters. The van der Waals surface area contributed by atoms with Crippen LogP contribution in [0.15, 0.2) is 48.5 Å². The Morgan fingerprint density at radius 1 is 0.852 bits per heavy atom. The Kier molecular flexibility index (Phi) is 9.41. The fourth-order valence-electron chi connectivity index (χ4n) is 8.16. The maximum Gasteiger partial charge on any atom is 0.262 e. The molecule has 13 nitrogen and oxygen atoms in total. The number of fused-ring (bicyclic) bond motifs is 3. The first-order valence-electron chi connectivity index (χ1n) is 18.2. The zero-order valence-electron chi connectivity index (χ0n) is 29.4. The molecular formula is C40H37ClN6O7. The molecule has 6 amide bonds. The van der Waals surface area contributed by atoms with E-state index in [0.29, 0.717) is 54.6 Å². The third-order valence-corrected chi connectivity index (χ3v) is 11.4. The van der Waals surface area contributed by atoms with E-state index in [1.54, 1.807) is 35.2 Å². The molecule has 276 valence electrons. The zero-order chi connectivity index (χ0) is 37.7. The highest BCUT2D eigenvalue weighted by atomic mass is 35.5. The van der Waals surface area contributed by atoms with Crippen LogP contribution in [0.1, 0.15) is 91.9 Å². The van der Waals surface area contributed by atoms with Crippen molar-refractivity contribution in [3.05, 3.63) is 104 Å². The Labute approximate surface area is 316 Å². The van der Waals surface area contributed by atoms with Crippen molar-refractivity contribution in [2.24, 2.45) is 0 Å². The van der Waals surface area contributed by atoms with E-state index >= 15 is 0 Å². The first-order chi connectivity index (χ1) is 26.0. The summed E-state index contributed by atoms with van der Waals surface area (Å²) >= 11 is 6.15. The smallest absolute Gasteiger partial charge is 0.262 e. The van der Waals surface area contributed by atoms with Gasteiger partial charge in [-0.1, -0.05) is 23.7 Å². The number of benzene rings is 3. The predicted molar refractivity (Wildman–Crippen MR) is 195 cm³/mol. The highest BCUT2D eigenvalue weighted by molar-refractivity contribution is 6.33. The third-order valence-electron chi connectivity index (χ3n) is 11.1. The lowest BCUT2D eigenvalue weighted by Crippen LogP contribution is -2.54. The number of halogens is 1. The van der Waals surface area contributed by atoms with Crippen LogP contribution in [-0.4, -0.2) is 81.4 Å². The molecule has 0 spiro atoms. The molecule has 0 aromatic heterocycles. The second-order valence-corrected chi connectivity index (χ2v) is 15.0. The number of amides is 6. The monoisotopic (exact) mass is 748 g/mol. The molecule has 1 unspecified atom stereocenters. The van der Waals surface area contributed by atoms with Crippen molar-refractivity contribution in [1.82, 2.24) is 25.3 Å². The zero-order valence-corrected chi connectivity index (χ0v) is 30.1. The molecule has 0 radical (unpaired) electrons. The van der Waals surface area contributed by atoms with Crippen molar-refractivity contribution in [1.29, 1.82) is 0 Å². The maximum absolute atomic E-state index is 13.5. The van der Waals surface area contributed by atoms with Gasteiger partial charge in [0.2, 0.25) is 23.4 Å². The number of carbonyl (C=O) groups is 6. The molecule has 0 bridgehead atoms. The van der Waals surface area contributed by atoms with E-state index < -0.39 is 29.7 Å². The van der Waals surface area contributed by atoms with Gasteiger partial charge in [-0.25, -0.2) is 4.85 Å². The van der Waals surface area contributed by atoms with E-state index in [2.05, 4.69) is 20.4 Å². The van der Waals surface area contributed by atoms with E-state index in [0.717, 1.165) is 52.8 Å². The van der Waals surface area contributed by atoms with Crippen LogP contribution >= 0.6 is 11.6 Å². The molecule has 4 heterocycles.